The number of aromatic nitrogens is 2. The van der Waals surface area contributed by atoms with E-state index in [2.05, 4.69) is 10.4 Å². The lowest BCUT2D eigenvalue weighted by molar-refractivity contribution is -0.133. The first kappa shape index (κ1) is 18.9. The van der Waals surface area contributed by atoms with Gasteiger partial charge in [0, 0.05) is 18.5 Å². The molecule has 0 spiro atoms. The predicted molar refractivity (Wildman–Crippen MR) is 97.0 cm³/mol. The minimum atomic E-state index is -0.840. The van der Waals surface area contributed by atoms with Crippen molar-refractivity contribution < 1.29 is 19.4 Å². The van der Waals surface area contributed by atoms with Gasteiger partial charge in [0.2, 0.25) is 0 Å². The molecule has 2 N–H and O–H groups in total. The lowest BCUT2D eigenvalue weighted by atomic mass is 10.2. The molecule has 0 radical (unpaired) electrons. The largest absolute Gasteiger partial charge is 0.481 e. The van der Waals surface area contributed by atoms with Gasteiger partial charge in [-0.25, -0.2) is 0 Å². The van der Waals surface area contributed by atoms with Crippen LogP contribution in [0.1, 0.15) is 17.0 Å². The van der Waals surface area contributed by atoms with Crippen LogP contribution in [-0.2, 0) is 22.4 Å². The first-order valence-corrected chi connectivity index (χ1v) is 8.83. The fourth-order valence-electron chi connectivity index (χ4n) is 2.29. The van der Waals surface area contributed by atoms with Crippen LogP contribution in [0, 0.1) is 13.8 Å². The second-order valence-corrected chi connectivity index (χ2v) is 6.53. The number of hydrogen-bond donors (Lipinski definition) is 2. The van der Waals surface area contributed by atoms with Crippen molar-refractivity contribution >= 4 is 29.3 Å². The maximum atomic E-state index is 12.1. The Bertz CT molecular complexity index is 773. The molecule has 0 saturated heterocycles. The minimum absolute atomic E-state index is 0.0498. The van der Waals surface area contributed by atoms with E-state index in [0.29, 0.717) is 17.2 Å². The summed E-state index contributed by atoms with van der Waals surface area (Å²) in [7, 11) is 1.82. The summed E-state index contributed by atoms with van der Waals surface area (Å²) in [6.07, 6.45) is 0. The molecule has 8 heteroatoms. The Kier molecular flexibility index (Phi) is 6.46. The number of hydrogen-bond acceptors (Lipinski definition) is 5. The molecule has 0 bridgehead atoms. The standard InChI is InChI=1S/C17H21N3O4S/c1-11-17(12(2)20(3)19-11)24-8-15(21)18-14-6-4-5-13(7-14)9-25-10-16(22)23/h4-7H,8-10H2,1-3H3,(H,18,21)(H,22,23). The SMILES string of the molecule is Cc1nn(C)c(C)c1OCC(=O)Nc1cccc(CSCC(=O)O)c1. The van der Waals surface area contributed by atoms with Crippen molar-refractivity contribution in [1.82, 2.24) is 9.78 Å². The number of nitrogens with one attached hydrogen (secondary N) is 1. The second-order valence-electron chi connectivity index (χ2n) is 5.55. The zero-order valence-corrected chi connectivity index (χ0v) is 15.2. The molecule has 1 aromatic heterocycles. The van der Waals surface area contributed by atoms with Crippen molar-refractivity contribution in [2.75, 3.05) is 17.7 Å². The number of aryl methyl sites for hydroxylation is 2. The highest BCUT2D eigenvalue weighted by Crippen LogP contribution is 2.21. The van der Waals surface area contributed by atoms with Gasteiger partial charge in [0.25, 0.3) is 5.91 Å². The number of thioether (sulfide) groups is 1. The topological polar surface area (TPSA) is 93.5 Å². The maximum absolute atomic E-state index is 12.1. The van der Waals surface area contributed by atoms with Gasteiger partial charge < -0.3 is 15.2 Å². The number of amides is 1. The Morgan fingerprint density at radius 2 is 2.12 bits per heavy atom. The van der Waals surface area contributed by atoms with Gasteiger partial charge in [0.15, 0.2) is 12.4 Å². The summed E-state index contributed by atoms with van der Waals surface area (Å²) in [5, 5.41) is 15.7. The Hall–Kier alpha value is -2.48. The van der Waals surface area contributed by atoms with E-state index in [4.69, 9.17) is 9.84 Å². The lowest BCUT2D eigenvalue weighted by Crippen LogP contribution is -2.20. The number of rotatable bonds is 8. The highest BCUT2D eigenvalue weighted by atomic mass is 32.2. The molecule has 1 heterocycles. The summed E-state index contributed by atoms with van der Waals surface area (Å²) in [4.78, 5) is 22.6. The van der Waals surface area contributed by atoms with Crippen LogP contribution in [-0.4, -0.2) is 39.1 Å². The molecule has 0 aliphatic heterocycles. The van der Waals surface area contributed by atoms with Crippen molar-refractivity contribution in [3.8, 4) is 5.75 Å². The Balaban J connectivity index is 1.88. The molecule has 0 saturated carbocycles. The molecular formula is C17H21N3O4S. The quantitative estimate of drug-likeness (QED) is 0.748. The van der Waals surface area contributed by atoms with Crippen LogP contribution in [0.5, 0.6) is 5.75 Å². The van der Waals surface area contributed by atoms with E-state index >= 15 is 0 Å². The Morgan fingerprint density at radius 1 is 1.36 bits per heavy atom. The predicted octanol–water partition coefficient (Wildman–Crippen LogP) is 2.37. The van der Waals surface area contributed by atoms with Gasteiger partial charge in [0.1, 0.15) is 5.69 Å². The van der Waals surface area contributed by atoms with Gasteiger partial charge in [-0.1, -0.05) is 12.1 Å². The highest BCUT2D eigenvalue weighted by Gasteiger charge is 2.12. The second kappa shape index (κ2) is 8.57. The number of ether oxygens (including phenoxy) is 1. The summed E-state index contributed by atoms with van der Waals surface area (Å²) in [6, 6.07) is 7.32. The van der Waals surface area contributed by atoms with Crippen LogP contribution < -0.4 is 10.1 Å². The highest BCUT2D eigenvalue weighted by molar-refractivity contribution is 7.99. The lowest BCUT2D eigenvalue weighted by Gasteiger charge is -2.09. The molecule has 25 heavy (non-hydrogen) atoms. The number of carbonyl (C=O) groups is 2. The molecule has 0 unspecified atom stereocenters. The van der Waals surface area contributed by atoms with Gasteiger partial charge >= 0.3 is 5.97 Å². The Labute approximate surface area is 150 Å². The molecule has 0 aliphatic carbocycles. The van der Waals surface area contributed by atoms with Crippen molar-refractivity contribution in [3.63, 3.8) is 0 Å². The molecular weight excluding hydrogens is 342 g/mol. The summed E-state index contributed by atoms with van der Waals surface area (Å²) in [5.74, 6) is 0.136. The van der Waals surface area contributed by atoms with Crippen LogP contribution in [0.3, 0.4) is 0 Å². The fraction of sp³-hybridized carbons (Fsp3) is 0.353. The van der Waals surface area contributed by atoms with E-state index in [0.717, 1.165) is 17.0 Å². The monoisotopic (exact) mass is 363 g/mol. The van der Waals surface area contributed by atoms with Crippen molar-refractivity contribution in [2.45, 2.75) is 19.6 Å². The van der Waals surface area contributed by atoms with Crippen LogP contribution in [0.25, 0.3) is 0 Å². The van der Waals surface area contributed by atoms with E-state index in [-0.39, 0.29) is 18.3 Å². The molecule has 2 aromatic rings. The van der Waals surface area contributed by atoms with Crippen molar-refractivity contribution in [2.24, 2.45) is 7.05 Å². The van der Waals surface area contributed by atoms with Gasteiger partial charge in [-0.3, -0.25) is 14.3 Å². The third-order valence-electron chi connectivity index (χ3n) is 3.50. The molecule has 0 aliphatic rings. The third-order valence-corrected chi connectivity index (χ3v) is 4.48. The Morgan fingerprint density at radius 3 is 2.76 bits per heavy atom. The molecule has 7 nitrogen and oxygen atoms in total. The normalized spacial score (nSPS) is 10.5. The smallest absolute Gasteiger partial charge is 0.313 e. The molecule has 2 rings (SSSR count). The van der Waals surface area contributed by atoms with E-state index in [1.54, 1.807) is 10.7 Å². The van der Waals surface area contributed by atoms with E-state index in [9.17, 15) is 9.59 Å². The molecule has 0 fully saturated rings. The number of aliphatic carboxylic acids is 1. The zero-order chi connectivity index (χ0) is 18.4. The molecule has 1 aromatic carbocycles. The third kappa shape index (κ3) is 5.53. The van der Waals surface area contributed by atoms with Gasteiger partial charge in [-0.05, 0) is 31.5 Å². The molecule has 134 valence electrons. The van der Waals surface area contributed by atoms with E-state index < -0.39 is 5.97 Å². The summed E-state index contributed by atoms with van der Waals surface area (Å²) in [5.41, 5.74) is 3.21. The van der Waals surface area contributed by atoms with Gasteiger partial charge in [0.05, 0.1) is 11.4 Å². The zero-order valence-electron chi connectivity index (χ0n) is 14.4. The number of benzene rings is 1. The van der Waals surface area contributed by atoms with Crippen LogP contribution >= 0.6 is 11.8 Å². The summed E-state index contributed by atoms with van der Waals surface area (Å²) in [6.45, 7) is 3.61. The van der Waals surface area contributed by atoms with Crippen molar-refractivity contribution in [3.05, 3.63) is 41.2 Å². The van der Waals surface area contributed by atoms with Crippen molar-refractivity contribution in [1.29, 1.82) is 0 Å². The first-order chi connectivity index (χ1) is 11.9. The first-order valence-electron chi connectivity index (χ1n) is 7.68. The van der Waals surface area contributed by atoms with Gasteiger partial charge in [-0.2, -0.15) is 5.10 Å². The number of nitrogens with zero attached hydrogens (tertiary/aromatic N) is 2. The maximum Gasteiger partial charge on any atom is 0.313 e. The summed E-state index contributed by atoms with van der Waals surface area (Å²) >= 11 is 1.31. The van der Waals surface area contributed by atoms with Gasteiger partial charge in [-0.15, -0.1) is 11.8 Å². The van der Waals surface area contributed by atoms with Crippen LogP contribution in [0.4, 0.5) is 5.69 Å². The number of anilines is 1. The van der Waals surface area contributed by atoms with Crippen LogP contribution in [0.15, 0.2) is 24.3 Å². The molecule has 0 atom stereocenters. The fourth-order valence-corrected chi connectivity index (χ4v) is 2.98. The van der Waals surface area contributed by atoms with E-state index in [1.807, 2.05) is 39.1 Å². The molecule has 1 amide bonds. The number of carboxylic acid groups (broad SMARTS) is 1. The van der Waals surface area contributed by atoms with E-state index in [1.165, 1.54) is 11.8 Å². The number of carboxylic acids is 1. The average molecular weight is 363 g/mol. The average Bonchev–Trinajstić information content (AvgIpc) is 2.78. The minimum Gasteiger partial charge on any atom is -0.481 e. The van der Waals surface area contributed by atoms with Crippen LogP contribution in [0.2, 0.25) is 0 Å². The number of carbonyl (C=O) groups excluding carboxylic acids is 1. The summed E-state index contributed by atoms with van der Waals surface area (Å²) < 4.78 is 7.29.